The Labute approximate surface area is 89.0 Å². The van der Waals surface area contributed by atoms with E-state index >= 15 is 0 Å². The molecule has 14 heavy (non-hydrogen) atoms. The molecule has 3 unspecified atom stereocenters. The van der Waals surface area contributed by atoms with E-state index in [4.69, 9.17) is 0 Å². The Balaban J connectivity index is 2.72. The number of amides is 1. The summed E-state index contributed by atoms with van der Waals surface area (Å²) in [7, 11) is 4.25. The fourth-order valence-corrected chi connectivity index (χ4v) is 2.47. The quantitative estimate of drug-likeness (QED) is 0.510. The van der Waals surface area contributed by atoms with Gasteiger partial charge in [0, 0.05) is 13.0 Å². The van der Waals surface area contributed by atoms with Crippen molar-refractivity contribution in [2.24, 2.45) is 11.8 Å². The van der Waals surface area contributed by atoms with Crippen LogP contribution in [0, 0.1) is 11.8 Å². The van der Waals surface area contributed by atoms with Crippen LogP contribution in [-0.4, -0.2) is 17.6 Å². The zero-order valence-electron chi connectivity index (χ0n) is 9.12. The molecule has 1 saturated carbocycles. The Morgan fingerprint density at radius 2 is 1.86 bits per heavy atom. The maximum absolute atomic E-state index is 11.9. The van der Waals surface area contributed by atoms with E-state index in [2.05, 4.69) is 16.0 Å². The van der Waals surface area contributed by atoms with Gasteiger partial charge in [0.05, 0.1) is 0 Å². The van der Waals surface area contributed by atoms with Crippen molar-refractivity contribution in [3.63, 3.8) is 0 Å². The van der Waals surface area contributed by atoms with Gasteiger partial charge in [-0.3, -0.25) is 4.79 Å². The molecule has 0 aromatic carbocycles. The van der Waals surface area contributed by atoms with E-state index in [1.807, 2.05) is 6.92 Å². The molecular formula is C11H20NOP. The van der Waals surface area contributed by atoms with E-state index in [0.717, 1.165) is 18.4 Å². The van der Waals surface area contributed by atoms with Gasteiger partial charge >= 0.3 is 0 Å². The predicted molar refractivity (Wildman–Crippen MR) is 62.7 cm³/mol. The van der Waals surface area contributed by atoms with Crippen LogP contribution in [0.15, 0.2) is 12.2 Å². The first-order chi connectivity index (χ1) is 6.54. The van der Waals surface area contributed by atoms with Gasteiger partial charge in [0.2, 0.25) is 5.91 Å². The highest BCUT2D eigenvalue weighted by Crippen LogP contribution is 2.35. The van der Waals surface area contributed by atoms with E-state index < -0.39 is 0 Å². The first-order valence-electron chi connectivity index (χ1n) is 5.21. The molecule has 0 aromatic heterocycles. The molecule has 3 atom stereocenters. The molecule has 0 spiro atoms. The molecule has 0 radical (unpaired) electrons. The van der Waals surface area contributed by atoms with Crippen LogP contribution in [-0.2, 0) is 4.79 Å². The lowest BCUT2D eigenvalue weighted by molar-refractivity contribution is -0.131. The van der Waals surface area contributed by atoms with Crippen LogP contribution in [0.1, 0.15) is 32.6 Å². The minimum absolute atomic E-state index is 0.170. The third kappa shape index (κ3) is 2.57. The Bertz CT molecular complexity index is 237. The predicted octanol–water partition coefficient (Wildman–Crippen LogP) is 2.62. The summed E-state index contributed by atoms with van der Waals surface area (Å²) < 4.78 is 1.63. The number of carbonyl (C=O) groups is 1. The van der Waals surface area contributed by atoms with Crippen LogP contribution >= 0.6 is 9.39 Å². The third-order valence-electron chi connectivity index (χ3n) is 3.06. The summed E-state index contributed by atoms with van der Waals surface area (Å²) in [5.41, 5.74) is 1.16. The average Bonchev–Trinajstić information content (AvgIpc) is 2.16. The second-order valence-electron chi connectivity index (χ2n) is 4.29. The molecule has 1 aliphatic rings. The van der Waals surface area contributed by atoms with E-state index in [1.54, 1.807) is 11.7 Å². The topological polar surface area (TPSA) is 20.3 Å². The normalized spacial score (nSPS) is 27.1. The minimum atomic E-state index is 0.170. The summed E-state index contributed by atoms with van der Waals surface area (Å²) >= 11 is 0. The molecule has 1 amide bonds. The van der Waals surface area contributed by atoms with Crippen molar-refractivity contribution in [3.05, 3.63) is 12.2 Å². The average molecular weight is 213 g/mol. The number of carbonyl (C=O) groups excluding carboxylic acids is 1. The van der Waals surface area contributed by atoms with Gasteiger partial charge < -0.3 is 4.67 Å². The van der Waals surface area contributed by atoms with Crippen LogP contribution in [0.4, 0.5) is 0 Å². The summed E-state index contributed by atoms with van der Waals surface area (Å²) in [5.74, 6) is 0.811. The first-order valence-corrected chi connectivity index (χ1v) is 5.73. The second-order valence-corrected chi connectivity index (χ2v) is 5.07. The molecule has 80 valence electrons. The Morgan fingerprint density at radius 3 is 2.29 bits per heavy atom. The van der Waals surface area contributed by atoms with Crippen LogP contribution < -0.4 is 0 Å². The van der Waals surface area contributed by atoms with E-state index in [9.17, 15) is 4.79 Å². The number of hydrogen-bond acceptors (Lipinski definition) is 1. The Hall–Kier alpha value is -0.360. The highest BCUT2D eigenvalue weighted by molar-refractivity contribution is 7.14. The van der Waals surface area contributed by atoms with Gasteiger partial charge in [-0.2, -0.15) is 0 Å². The Kier molecular flexibility index (Phi) is 4.12. The van der Waals surface area contributed by atoms with Crippen LogP contribution in [0.25, 0.3) is 0 Å². The molecule has 0 aliphatic heterocycles. The number of rotatable bonds is 2. The largest absolute Gasteiger partial charge is 0.330 e. The van der Waals surface area contributed by atoms with E-state index in [1.165, 1.54) is 12.8 Å². The number of hydrogen-bond donors (Lipinski definition) is 0. The SMILES string of the molecule is C=C(C)C1CCCCC1C(=O)N(C)P. The van der Waals surface area contributed by atoms with Crippen molar-refractivity contribution in [1.82, 2.24) is 4.67 Å². The van der Waals surface area contributed by atoms with Crippen LogP contribution in [0.5, 0.6) is 0 Å². The standard InChI is InChI=1S/C11H20NOP/c1-8(2)9-6-4-5-7-10(9)11(13)12(3)14/h9-10H,1,4-7,14H2,2-3H3. The maximum atomic E-state index is 11.9. The van der Waals surface area contributed by atoms with Crippen molar-refractivity contribution in [3.8, 4) is 0 Å². The number of nitrogens with zero attached hydrogens (tertiary/aromatic N) is 1. The molecule has 0 N–H and O–H groups in total. The van der Waals surface area contributed by atoms with Crippen molar-refractivity contribution >= 4 is 15.3 Å². The minimum Gasteiger partial charge on any atom is -0.330 e. The highest BCUT2D eigenvalue weighted by atomic mass is 31.0. The van der Waals surface area contributed by atoms with Crippen molar-refractivity contribution in [2.75, 3.05) is 7.05 Å². The summed E-state index contributed by atoms with van der Waals surface area (Å²) in [6.45, 7) is 6.03. The lowest BCUT2D eigenvalue weighted by Gasteiger charge is -2.32. The smallest absolute Gasteiger partial charge is 0.228 e. The van der Waals surface area contributed by atoms with Gasteiger partial charge in [0.25, 0.3) is 0 Å². The molecule has 3 heteroatoms. The molecule has 1 aliphatic carbocycles. The van der Waals surface area contributed by atoms with Gasteiger partial charge in [0.15, 0.2) is 0 Å². The maximum Gasteiger partial charge on any atom is 0.228 e. The molecule has 0 saturated heterocycles. The zero-order chi connectivity index (χ0) is 10.7. The molecule has 2 nitrogen and oxygen atoms in total. The zero-order valence-corrected chi connectivity index (χ0v) is 10.3. The number of allylic oxidation sites excluding steroid dienone is 1. The summed E-state index contributed by atoms with van der Waals surface area (Å²) in [5, 5.41) is 0. The van der Waals surface area contributed by atoms with Gasteiger partial charge in [-0.1, -0.05) is 25.0 Å². The van der Waals surface area contributed by atoms with Gasteiger partial charge in [0.1, 0.15) is 0 Å². The van der Waals surface area contributed by atoms with E-state index in [0.29, 0.717) is 5.92 Å². The van der Waals surface area contributed by atoms with Crippen molar-refractivity contribution < 1.29 is 4.79 Å². The van der Waals surface area contributed by atoms with E-state index in [-0.39, 0.29) is 11.8 Å². The summed E-state index contributed by atoms with van der Waals surface area (Å²) in [6.07, 6.45) is 4.57. The monoisotopic (exact) mass is 213 g/mol. The molecular weight excluding hydrogens is 193 g/mol. The fourth-order valence-electron chi connectivity index (χ4n) is 2.28. The summed E-state index contributed by atoms with van der Waals surface area (Å²) in [6, 6.07) is 0. The lowest BCUT2D eigenvalue weighted by atomic mass is 9.75. The van der Waals surface area contributed by atoms with Crippen molar-refractivity contribution in [2.45, 2.75) is 32.6 Å². The molecule has 0 aromatic rings. The Morgan fingerprint density at radius 1 is 1.36 bits per heavy atom. The summed E-state index contributed by atoms with van der Waals surface area (Å²) in [4.78, 5) is 11.9. The van der Waals surface area contributed by atoms with Gasteiger partial charge in [-0.25, -0.2) is 0 Å². The molecule has 1 rings (SSSR count). The first kappa shape index (κ1) is 11.7. The third-order valence-corrected chi connectivity index (χ3v) is 3.32. The van der Waals surface area contributed by atoms with Gasteiger partial charge in [-0.05, 0) is 35.1 Å². The lowest BCUT2D eigenvalue weighted by Crippen LogP contribution is -2.33. The van der Waals surface area contributed by atoms with Crippen LogP contribution in [0.3, 0.4) is 0 Å². The fraction of sp³-hybridized carbons (Fsp3) is 0.727. The molecule has 1 fully saturated rings. The van der Waals surface area contributed by atoms with Crippen molar-refractivity contribution in [1.29, 1.82) is 0 Å². The molecule has 0 heterocycles. The van der Waals surface area contributed by atoms with Gasteiger partial charge in [-0.15, -0.1) is 0 Å². The highest BCUT2D eigenvalue weighted by Gasteiger charge is 2.31. The second kappa shape index (κ2) is 4.93. The molecule has 0 bridgehead atoms. The van der Waals surface area contributed by atoms with Crippen LogP contribution in [0.2, 0.25) is 0 Å².